The van der Waals surface area contributed by atoms with E-state index in [0.29, 0.717) is 0 Å². The minimum atomic E-state index is 0.926. The third-order valence-corrected chi connectivity index (χ3v) is 5.48. The summed E-state index contributed by atoms with van der Waals surface area (Å²) in [6.07, 6.45) is 7.01. The Hall–Kier alpha value is 0.620. The quantitative estimate of drug-likeness (QED) is 0.446. The van der Waals surface area contributed by atoms with Gasteiger partial charge >= 0.3 is 0 Å². The number of rotatable bonds is 10. The van der Waals surface area contributed by atoms with Gasteiger partial charge in [-0.2, -0.15) is 0 Å². The molecule has 102 valence electrons. The predicted molar refractivity (Wildman–Crippen MR) is 80.9 cm³/mol. The first kappa shape index (κ1) is 15.7. The summed E-state index contributed by atoms with van der Waals surface area (Å²) < 4.78 is 5.34. The number of ether oxygens (including phenoxy) is 1. The minimum absolute atomic E-state index is 0.926. The molecule has 0 amide bonds. The van der Waals surface area contributed by atoms with Crippen molar-refractivity contribution in [2.24, 2.45) is 0 Å². The van der Waals surface area contributed by atoms with Gasteiger partial charge in [0.1, 0.15) is 0 Å². The topological polar surface area (TPSA) is 12.5 Å². The van der Waals surface area contributed by atoms with E-state index in [1.807, 2.05) is 10.8 Å². The maximum absolute atomic E-state index is 5.34. The van der Waals surface area contributed by atoms with E-state index in [1.165, 1.54) is 50.2 Å². The summed E-state index contributed by atoms with van der Waals surface area (Å²) in [5.41, 5.74) is 0. The van der Waals surface area contributed by atoms with Crippen LogP contribution in [0.2, 0.25) is 0 Å². The van der Waals surface area contributed by atoms with Crippen LogP contribution >= 0.6 is 21.6 Å². The Kier molecular flexibility index (Phi) is 10.8. The highest BCUT2D eigenvalue weighted by Gasteiger charge is 2.08. The highest BCUT2D eigenvalue weighted by Crippen LogP contribution is 2.23. The summed E-state index contributed by atoms with van der Waals surface area (Å²) in [6.45, 7) is 7.61. The molecule has 0 aromatic rings. The van der Waals surface area contributed by atoms with Gasteiger partial charge in [0.05, 0.1) is 13.2 Å². The van der Waals surface area contributed by atoms with Crippen molar-refractivity contribution < 1.29 is 4.74 Å². The second kappa shape index (κ2) is 11.7. The molecule has 1 aliphatic rings. The Bertz CT molecular complexity index is 163. The zero-order valence-corrected chi connectivity index (χ0v) is 12.8. The molecule has 0 saturated carbocycles. The van der Waals surface area contributed by atoms with Gasteiger partial charge < -0.3 is 4.74 Å². The normalized spacial score (nSPS) is 17.5. The number of nitrogens with zero attached hydrogens (tertiary/aromatic N) is 1. The van der Waals surface area contributed by atoms with E-state index in [9.17, 15) is 0 Å². The Morgan fingerprint density at radius 1 is 0.941 bits per heavy atom. The average Bonchev–Trinajstić information content (AvgIpc) is 2.38. The summed E-state index contributed by atoms with van der Waals surface area (Å²) >= 11 is 0. The van der Waals surface area contributed by atoms with Crippen LogP contribution in [0.1, 0.15) is 39.0 Å². The molecule has 0 unspecified atom stereocenters. The van der Waals surface area contributed by atoms with Gasteiger partial charge in [-0.05, 0) is 6.42 Å². The molecular weight excluding hydrogens is 250 g/mol. The highest BCUT2D eigenvalue weighted by atomic mass is 33.1. The molecule has 17 heavy (non-hydrogen) atoms. The lowest BCUT2D eigenvalue weighted by Crippen LogP contribution is -2.37. The second-order valence-corrected chi connectivity index (χ2v) is 7.21. The molecule has 4 heteroatoms. The van der Waals surface area contributed by atoms with Crippen molar-refractivity contribution >= 4 is 21.6 Å². The van der Waals surface area contributed by atoms with Crippen LogP contribution in [0, 0.1) is 0 Å². The lowest BCUT2D eigenvalue weighted by molar-refractivity contribution is 0.0410. The molecule has 1 saturated heterocycles. The van der Waals surface area contributed by atoms with E-state index < -0.39 is 0 Å². The Morgan fingerprint density at radius 3 is 2.41 bits per heavy atom. The minimum Gasteiger partial charge on any atom is -0.379 e. The third-order valence-electron chi connectivity index (χ3n) is 3.01. The van der Waals surface area contributed by atoms with Gasteiger partial charge in [0.25, 0.3) is 0 Å². The Labute approximate surface area is 115 Å². The molecule has 0 atom stereocenters. The highest BCUT2D eigenvalue weighted by molar-refractivity contribution is 8.76. The standard InChI is InChI=1S/C13H27NOS2/c1-2-3-4-5-6-12-16-17-13-9-14-7-10-15-11-8-14/h2-13H2,1H3. The molecule has 0 aromatic heterocycles. The molecular formula is C13H27NOS2. The van der Waals surface area contributed by atoms with Crippen LogP contribution < -0.4 is 0 Å². The monoisotopic (exact) mass is 277 g/mol. The van der Waals surface area contributed by atoms with Gasteiger partial charge in [0, 0.05) is 31.1 Å². The largest absolute Gasteiger partial charge is 0.379 e. The first-order valence-corrected chi connectivity index (χ1v) is 9.47. The fourth-order valence-electron chi connectivity index (χ4n) is 1.87. The van der Waals surface area contributed by atoms with E-state index in [0.717, 1.165) is 26.3 Å². The molecule has 1 fully saturated rings. The van der Waals surface area contributed by atoms with Gasteiger partial charge in [-0.25, -0.2) is 0 Å². The van der Waals surface area contributed by atoms with Gasteiger partial charge in [-0.3, -0.25) is 4.90 Å². The lowest BCUT2D eigenvalue weighted by atomic mass is 10.2. The molecule has 1 aliphatic heterocycles. The summed E-state index contributed by atoms with van der Waals surface area (Å²) in [5, 5.41) is 0. The van der Waals surface area contributed by atoms with Crippen LogP contribution in [0.3, 0.4) is 0 Å². The number of hydrogen-bond donors (Lipinski definition) is 0. The fourth-order valence-corrected chi connectivity index (χ4v) is 4.05. The van der Waals surface area contributed by atoms with Crippen LogP contribution in [-0.2, 0) is 4.74 Å². The van der Waals surface area contributed by atoms with E-state index >= 15 is 0 Å². The zero-order chi connectivity index (χ0) is 12.2. The van der Waals surface area contributed by atoms with E-state index in [2.05, 4.69) is 22.6 Å². The number of unbranched alkanes of at least 4 members (excludes halogenated alkanes) is 4. The van der Waals surface area contributed by atoms with Gasteiger partial charge in [-0.1, -0.05) is 54.2 Å². The van der Waals surface area contributed by atoms with Crippen LogP contribution in [-0.4, -0.2) is 49.3 Å². The number of morpholine rings is 1. The van der Waals surface area contributed by atoms with Crippen LogP contribution in [0.25, 0.3) is 0 Å². The Balaban J connectivity index is 1.75. The van der Waals surface area contributed by atoms with Gasteiger partial charge in [-0.15, -0.1) is 0 Å². The second-order valence-electron chi connectivity index (χ2n) is 4.51. The summed E-state index contributed by atoms with van der Waals surface area (Å²) in [4.78, 5) is 2.51. The summed E-state index contributed by atoms with van der Waals surface area (Å²) in [7, 11) is 4.10. The molecule has 0 radical (unpaired) electrons. The molecule has 0 aromatic carbocycles. The fraction of sp³-hybridized carbons (Fsp3) is 1.00. The van der Waals surface area contributed by atoms with E-state index in [-0.39, 0.29) is 0 Å². The first-order chi connectivity index (χ1) is 8.43. The SMILES string of the molecule is CCCCCCCSSCCN1CCOCC1. The molecule has 0 spiro atoms. The summed E-state index contributed by atoms with van der Waals surface area (Å²) in [6, 6.07) is 0. The maximum atomic E-state index is 5.34. The Morgan fingerprint density at radius 2 is 1.65 bits per heavy atom. The molecule has 1 rings (SSSR count). The van der Waals surface area contributed by atoms with Crippen molar-refractivity contribution in [3.8, 4) is 0 Å². The maximum Gasteiger partial charge on any atom is 0.0594 e. The van der Waals surface area contributed by atoms with Crippen molar-refractivity contribution in [2.75, 3.05) is 44.4 Å². The molecule has 1 heterocycles. The predicted octanol–water partition coefficient (Wildman–Crippen LogP) is 3.67. The lowest BCUT2D eigenvalue weighted by Gasteiger charge is -2.26. The van der Waals surface area contributed by atoms with Crippen molar-refractivity contribution in [1.29, 1.82) is 0 Å². The van der Waals surface area contributed by atoms with Gasteiger partial charge in [0.2, 0.25) is 0 Å². The molecule has 0 aliphatic carbocycles. The number of hydrogen-bond acceptors (Lipinski definition) is 4. The van der Waals surface area contributed by atoms with Crippen molar-refractivity contribution in [3.05, 3.63) is 0 Å². The average molecular weight is 277 g/mol. The smallest absolute Gasteiger partial charge is 0.0594 e. The summed E-state index contributed by atoms with van der Waals surface area (Å²) in [5.74, 6) is 2.59. The van der Waals surface area contributed by atoms with E-state index in [1.54, 1.807) is 0 Å². The van der Waals surface area contributed by atoms with Crippen molar-refractivity contribution in [2.45, 2.75) is 39.0 Å². The first-order valence-electron chi connectivity index (χ1n) is 6.98. The van der Waals surface area contributed by atoms with Crippen LogP contribution in [0.15, 0.2) is 0 Å². The zero-order valence-electron chi connectivity index (χ0n) is 11.2. The van der Waals surface area contributed by atoms with Crippen LogP contribution in [0.5, 0.6) is 0 Å². The van der Waals surface area contributed by atoms with Crippen molar-refractivity contribution in [1.82, 2.24) is 4.90 Å². The molecule has 0 bridgehead atoms. The molecule has 0 N–H and O–H groups in total. The van der Waals surface area contributed by atoms with E-state index in [4.69, 9.17) is 4.74 Å². The third kappa shape index (κ3) is 9.23. The van der Waals surface area contributed by atoms with Crippen LogP contribution in [0.4, 0.5) is 0 Å². The van der Waals surface area contributed by atoms with Gasteiger partial charge in [0.15, 0.2) is 0 Å². The molecule has 2 nitrogen and oxygen atoms in total. The van der Waals surface area contributed by atoms with Crippen molar-refractivity contribution in [3.63, 3.8) is 0 Å².